The third-order valence-electron chi connectivity index (χ3n) is 4.63. The van der Waals surface area contributed by atoms with Gasteiger partial charge >= 0.3 is 0 Å². The quantitative estimate of drug-likeness (QED) is 0.633. The van der Waals surface area contributed by atoms with Crippen molar-refractivity contribution in [1.29, 1.82) is 0 Å². The average molecular weight is 388 g/mol. The van der Waals surface area contributed by atoms with E-state index in [1.54, 1.807) is 29.2 Å². The van der Waals surface area contributed by atoms with Crippen molar-refractivity contribution in [3.8, 4) is 0 Å². The summed E-state index contributed by atoms with van der Waals surface area (Å²) in [6.07, 6.45) is 6.33. The lowest BCUT2D eigenvalue weighted by atomic mass is 9.96. The number of H-pyrrole nitrogens is 1. The molecule has 6 nitrogen and oxygen atoms in total. The molecule has 4 rings (SSSR count). The van der Waals surface area contributed by atoms with Crippen LogP contribution in [-0.4, -0.2) is 26.2 Å². The number of aromatic nitrogens is 4. The van der Waals surface area contributed by atoms with E-state index in [4.69, 9.17) is 0 Å². The molecule has 1 fully saturated rings. The smallest absolute Gasteiger partial charge is 0.258 e. The van der Waals surface area contributed by atoms with Gasteiger partial charge in [0, 0.05) is 6.04 Å². The molecule has 3 aromatic rings. The molecule has 2 aromatic heterocycles. The lowest BCUT2D eigenvalue weighted by Gasteiger charge is -2.21. The van der Waals surface area contributed by atoms with Crippen LogP contribution in [0.15, 0.2) is 33.4 Å². The molecule has 1 aliphatic carbocycles. The summed E-state index contributed by atoms with van der Waals surface area (Å²) in [7, 11) is 0. The zero-order valence-corrected chi connectivity index (χ0v) is 16.2. The Labute approximate surface area is 159 Å². The standard InChI is InChI=1S/C18H21N5OS2/c1-11(15-20-14-10-6-5-9-13(14)16(24)21-15)25-18-23-22-17(26-18)19-12-7-3-2-4-8-12/h5-6,9-12H,2-4,7-8H2,1H3,(H,19,22)(H,20,21,24). The normalized spacial score (nSPS) is 16.7. The summed E-state index contributed by atoms with van der Waals surface area (Å²) in [5, 5.41) is 13.5. The number of rotatable bonds is 5. The molecule has 1 aliphatic rings. The zero-order chi connectivity index (χ0) is 17.9. The number of hydrogen-bond acceptors (Lipinski definition) is 7. The van der Waals surface area contributed by atoms with Gasteiger partial charge in [-0.2, -0.15) is 0 Å². The molecular formula is C18H21N5OS2. The monoisotopic (exact) mass is 387 g/mol. The molecule has 0 saturated heterocycles. The van der Waals surface area contributed by atoms with Crippen LogP contribution in [0.3, 0.4) is 0 Å². The number of fused-ring (bicyclic) bond motifs is 1. The van der Waals surface area contributed by atoms with Crippen LogP contribution in [0.2, 0.25) is 0 Å². The van der Waals surface area contributed by atoms with Crippen molar-refractivity contribution in [3.63, 3.8) is 0 Å². The molecule has 2 heterocycles. The van der Waals surface area contributed by atoms with Crippen molar-refractivity contribution in [2.24, 2.45) is 0 Å². The van der Waals surface area contributed by atoms with Gasteiger partial charge in [-0.05, 0) is 31.9 Å². The van der Waals surface area contributed by atoms with Crippen molar-refractivity contribution in [2.75, 3.05) is 5.32 Å². The summed E-state index contributed by atoms with van der Waals surface area (Å²) in [5.41, 5.74) is 0.616. The highest BCUT2D eigenvalue weighted by Gasteiger charge is 2.18. The van der Waals surface area contributed by atoms with Crippen LogP contribution in [0, 0.1) is 0 Å². The molecule has 0 amide bonds. The van der Waals surface area contributed by atoms with Gasteiger partial charge in [0.2, 0.25) is 5.13 Å². The number of nitrogens with one attached hydrogen (secondary N) is 2. The third kappa shape index (κ3) is 3.91. The fourth-order valence-electron chi connectivity index (χ4n) is 3.24. The maximum atomic E-state index is 12.2. The van der Waals surface area contributed by atoms with Crippen LogP contribution in [-0.2, 0) is 0 Å². The van der Waals surface area contributed by atoms with E-state index < -0.39 is 0 Å². The second-order valence-electron chi connectivity index (χ2n) is 6.58. The topological polar surface area (TPSA) is 83.6 Å². The highest BCUT2D eigenvalue weighted by atomic mass is 32.2. The molecular weight excluding hydrogens is 366 g/mol. The Hall–Kier alpha value is -1.93. The minimum absolute atomic E-state index is 0.0113. The molecule has 1 atom stereocenters. The lowest BCUT2D eigenvalue weighted by Crippen LogP contribution is -2.21. The summed E-state index contributed by atoms with van der Waals surface area (Å²) in [5.74, 6) is 0.663. The molecule has 8 heteroatoms. The predicted octanol–water partition coefficient (Wildman–Crippen LogP) is 4.37. The Balaban J connectivity index is 1.46. The van der Waals surface area contributed by atoms with Crippen LogP contribution in [0.5, 0.6) is 0 Å². The van der Waals surface area contributed by atoms with Gasteiger partial charge in [-0.25, -0.2) is 4.98 Å². The molecule has 1 saturated carbocycles. The largest absolute Gasteiger partial charge is 0.357 e. The summed E-state index contributed by atoms with van der Waals surface area (Å²) in [6.45, 7) is 2.02. The molecule has 0 radical (unpaired) electrons. The second-order valence-corrected chi connectivity index (χ2v) is 9.15. The van der Waals surface area contributed by atoms with E-state index in [1.165, 1.54) is 32.1 Å². The second kappa shape index (κ2) is 7.75. The van der Waals surface area contributed by atoms with Crippen molar-refractivity contribution in [2.45, 2.75) is 54.7 Å². The minimum atomic E-state index is -0.102. The number of benzene rings is 1. The molecule has 1 aromatic carbocycles. The zero-order valence-electron chi connectivity index (χ0n) is 14.6. The number of aromatic amines is 1. The first-order valence-corrected chi connectivity index (χ1v) is 10.6. The highest BCUT2D eigenvalue weighted by molar-refractivity contribution is 8.01. The average Bonchev–Trinajstić information content (AvgIpc) is 3.09. The summed E-state index contributed by atoms with van der Waals surface area (Å²) in [6, 6.07) is 7.91. The van der Waals surface area contributed by atoms with E-state index in [0.29, 0.717) is 17.3 Å². The lowest BCUT2D eigenvalue weighted by molar-refractivity contribution is 0.462. The maximum absolute atomic E-state index is 12.2. The van der Waals surface area contributed by atoms with Gasteiger partial charge in [-0.3, -0.25) is 4.79 Å². The van der Waals surface area contributed by atoms with Crippen molar-refractivity contribution >= 4 is 39.1 Å². The van der Waals surface area contributed by atoms with Crippen LogP contribution >= 0.6 is 23.1 Å². The third-order valence-corrected chi connectivity index (χ3v) is 6.68. The molecule has 2 N–H and O–H groups in total. The molecule has 0 spiro atoms. The van der Waals surface area contributed by atoms with Crippen LogP contribution in [0.4, 0.5) is 5.13 Å². The Bertz CT molecular complexity index is 948. The predicted molar refractivity (Wildman–Crippen MR) is 107 cm³/mol. The molecule has 1 unspecified atom stereocenters. The van der Waals surface area contributed by atoms with E-state index in [9.17, 15) is 4.79 Å². The number of thioether (sulfide) groups is 1. The Morgan fingerprint density at radius 2 is 2.04 bits per heavy atom. The molecule has 0 bridgehead atoms. The fraction of sp³-hybridized carbons (Fsp3) is 0.444. The van der Waals surface area contributed by atoms with Gasteiger partial charge in [0.1, 0.15) is 5.82 Å². The first-order chi connectivity index (χ1) is 12.7. The molecule has 26 heavy (non-hydrogen) atoms. The van der Waals surface area contributed by atoms with Gasteiger partial charge < -0.3 is 10.3 Å². The van der Waals surface area contributed by atoms with Gasteiger partial charge in [-0.15, -0.1) is 10.2 Å². The van der Waals surface area contributed by atoms with Gasteiger partial charge in [0.05, 0.1) is 16.2 Å². The number of para-hydroxylation sites is 1. The van der Waals surface area contributed by atoms with Crippen LogP contribution in [0.1, 0.15) is 50.1 Å². The summed E-state index contributed by atoms with van der Waals surface area (Å²) < 4.78 is 0.881. The first-order valence-electron chi connectivity index (χ1n) is 8.95. The van der Waals surface area contributed by atoms with E-state index in [0.717, 1.165) is 15.0 Å². The Kier molecular flexibility index (Phi) is 5.21. The van der Waals surface area contributed by atoms with E-state index in [1.807, 2.05) is 25.1 Å². The van der Waals surface area contributed by atoms with Crippen molar-refractivity contribution in [1.82, 2.24) is 20.2 Å². The number of anilines is 1. The van der Waals surface area contributed by atoms with E-state index in [-0.39, 0.29) is 10.8 Å². The Morgan fingerprint density at radius 1 is 1.23 bits per heavy atom. The van der Waals surface area contributed by atoms with Crippen LogP contribution < -0.4 is 10.9 Å². The number of nitrogens with zero attached hydrogens (tertiary/aromatic N) is 3. The fourth-order valence-corrected chi connectivity index (χ4v) is 5.27. The van der Waals surface area contributed by atoms with E-state index >= 15 is 0 Å². The summed E-state index contributed by atoms with van der Waals surface area (Å²) in [4.78, 5) is 19.7. The number of hydrogen-bond donors (Lipinski definition) is 2. The molecule has 0 aliphatic heterocycles. The van der Waals surface area contributed by atoms with Crippen molar-refractivity contribution < 1.29 is 0 Å². The summed E-state index contributed by atoms with van der Waals surface area (Å²) >= 11 is 3.14. The van der Waals surface area contributed by atoms with Crippen molar-refractivity contribution in [3.05, 3.63) is 40.4 Å². The van der Waals surface area contributed by atoms with Gasteiger partial charge in [-0.1, -0.05) is 54.5 Å². The SMILES string of the molecule is CC(Sc1nnc(NC2CCCCC2)s1)c1nc2ccccc2c(=O)[nH]1. The first kappa shape index (κ1) is 17.5. The van der Waals surface area contributed by atoms with Gasteiger partial charge in [0.15, 0.2) is 4.34 Å². The van der Waals surface area contributed by atoms with Crippen LogP contribution in [0.25, 0.3) is 10.9 Å². The Morgan fingerprint density at radius 3 is 2.88 bits per heavy atom. The highest BCUT2D eigenvalue weighted by Crippen LogP contribution is 2.36. The van der Waals surface area contributed by atoms with E-state index in [2.05, 4.69) is 25.5 Å². The van der Waals surface area contributed by atoms with Gasteiger partial charge in [0.25, 0.3) is 5.56 Å². The maximum Gasteiger partial charge on any atom is 0.258 e. The minimum Gasteiger partial charge on any atom is -0.357 e. The molecule has 136 valence electrons.